The van der Waals surface area contributed by atoms with Crippen LogP contribution in [0.3, 0.4) is 0 Å². The molecule has 0 saturated carbocycles. The van der Waals surface area contributed by atoms with E-state index in [2.05, 4.69) is 0 Å². The zero-order chi connectivity index (χ0) is 12.0. The Hall–Kier alpha value is -1.55. The van der Waals surface area contributed by atoms with Gasteiger partial charge >= 0.3 is 0 Å². The van der Waals surface area contributed by atoms with Gasteiger partial charge in [0.05, 0.1) is 0 Å². The fraction of sp³-hybridized carbons (Fsp3) is 0.167. The third-order valence-electron chi connectivity index (χ3n) is 1.81. The van der Waals surface area contributed by atoms with E-state index in [1.807, 2.05) is 30.5 Å². The molecule has 0 amide bonds. The Kier molecular flexibility index (Phi) is 4.79. The van der Waals surface area contributed by atoms with Crippen molar-refractivity contribution in [2.45, 2.75) is 11.8 Å². The summed E-state index contributed by atoms with van der Waals surface area (Å²) in [5.41, 5.74) is 11.8. The Morgan fingerprint density at radius 1 is 1.19 bits per heavy atom. The van der Waals surface area contributed by atoms with E-state index in [0.717, 1.165) is 5.75 Å². The van der Waals surface area contributed by atoms with Crippen LogP contribution < -0.4 is 16.2 Å². The molecule has 4 N–H and O–H groups in total. The fourth-order valence-electron chi connectivity index (χ4n) is 1.03. The maximum absolute atomic E-state index is 5.66. The van der Waals surface area contributed by atoms with Crippen LogP contribution in [-0.4, -0.2) is 6.26 Å². The minimum absolute atomic E-state index is 0.321. The summed E-state index contributed by atoms with van der Waals surface area (Å²) in [6, 6.07) is 7.73. The predicted octanol–water partition coefficient (Wildman–Crippen LogP) is 2.45. The Balaban J connectivity index is 2.66. The molecule has 16 heavy (non-hydrogen) atoms. The summed E-state index contributed by atoms with van der Waals surface area (Å²) >= 11 is 1.68. The largest absolute Gasteiger partial charge is 0.442 e. The van der Waals surface area contributed by atoms with Gasteiger partial charge in [0.2, 0.25) is 0 Å². The number of ether oxygens (including phenoxy) is 1. The van der Waals surface area contributed by atoms with Crippen molar-refractivity contribution in [3.8, 4) is 5.75 Å². The summed E-state index contributed by atoms with van der Waals surface area (Å²) in [7, 11) is 0. The first-order valence-electron chi connectivity index (χ1n) is 4.83. The summed E-state index contributed by atoms with van der Waals surface area (Å²) < 4.78 is 5.39. The number of rotatable bonds is 4. The molecule has 0 aliphatic rings. The van der Waals surface area contributed by atoms with Crippen LogP contribution in [0.5, 0.6) is 5.75 Å². The average molecular weight is 236 g/mol. The molecule has 0 unspecified atom stereocenters. The van der Waals surface area contributed by atoms with Gasteiger partial charge in [-0.3, -0.25) is 0 Å². The molecule has 0 saturated heterocycles. The Labute approximate surface area is 100 Å². The van der Waals surface area contributed by atoms with E-state index in [4.69, 9.17) is 16.2 Å². The van der Waals surface area contributed by atoms with Crippen molar-refractivity contribution < 1.29 is 4.74 Å². The highest BCUT2D eigenvalue weighted by Crippen LogP contribution is 2.19. The molecule has 3 nitrogen and oxygen atoms in total. The number of benzene rings is 1. The molecule has 1 aromatic carbocycles. The first-order valence-corrected chi connectivity index (χ1v) is 6.05. The van der Waals surface area contributed by atoms with Crippen LogP contribution in [-0.2, 0) is 0 Å². The van der Waals surface area contributed by atoms with Crippen LogP contribution in [0.25, 0.3) is 0 Å². The van der Waals surface area contributed by atoms with Crippen LogP contribution in [0.15, 0.2) is 52.9 Å². The summed E-state index contributed by atoms with van der Waals surface area (Å²) in [6.45, 7) is 1.79. The first-order chi connectivity index (χ1) is 7.61. The molecular weight excluding hydrogens is 220 g/mol. The van der Waals surface area contributed by atoms with Gasteiger partial charge in [0.15, 0.2) is 5.88 Å². The second-order valence-electron chi connectivity index (χ2n) is 3.26. The van der Waals surface area contributed by atoms with Crippen molar-refractivity contribution in [3.05, 3.63) is 48.0 Å². The van der Waals surface area contributed by atoms with Gasteiger partial charge in [0.1, 0.15) is 5.75 Å². The van der Waals surface area contributed by atoms with Crippen molar-refractivity contribution >= 4 is 11.8 Å². The van der Waals surface area contributed by atoms with Gasteiger partial charge in [-0.05, 0) is 49.6 Å². The first kappa shape index (κ1) is 12.5. The molecule has 86 valence electrons. The molecule has 1 rings (SSSR count). The number of nitrogens with two attached hydrogens (primary N) is 2. The molecule has 0 bridgehead atoms. The van der Waals surface area contributed by atoms with Crippen LogP contribution in [0.4, 0.5) is 0 Å². The molecule has 0 heterocycles. The number of thioether (sulfide) groups is 1. The lowest BCUT2D eigenvalue weighted by Gasteiger charge is -2.05. The lowest BCUT2D eigenvalue weighted by atomic mass is 10.3. The lowest BCUT2D eigenvalue weighted by Crippen LogP contribution is -2.05. The lowest BCUT2D eigenvalue weighted by molar-refractivity contribution is 0.419. The predicted molar refractivity (Wildman–Crippen MR) is 69.1 cm³/mol. The smallest absolute Gasteiger partial charge is 0.190 e. The van der Waals surface area contributed by atoms with Crippen LogP contribution in [0, 0.1) is 0 Å². The molecule has 1 aromatic rings. The normalized spacial score (nSPS) is 12.6. The molecule has 0 aliphatic carbocycles. The molecule has 0 atom stereocenters. The molecular formula is C12H16N2OS. The van der Waals surface area contributed by atoms with E-state index in [9.17, 15) is 0 Å². The average Bonchev–Trinajstić information content (AvgIpc) is 2.27. The highest BCUT2D eigenvalue weighted by Gasteiger charge is 1.95. The van der Waals surface area contributed by atoms with Crippen molar-refractivity contribution in [2.75, 3.05) is 6.26 Å². The van der Waals surface area contributed by atoms with Crippen molar-refractivity contribution in [2.24, 2.45) is 11.5 Å². The Bertz CT molecular complexity index is 392. The third kappa shape index (κ3) is 4.31. The maximum atomic E-state index is 5.66. The van der Waals surface area contributed by atoms with Crippen molar-refractivity contribution in [1.29, 1.82) is 0 Å². The van der Waals surface area contributed by atoms with E-state index >= 15 is 0 Å². The van der Waals surface area contributed by atoms with E-state index in [0.29, 0.717) is 11.6 Å². The van der Waals surface area contributed by atoms with E-state index in [1.54, 1.807) is 30.8 Å². The van der Waals surface area contributed by atoms with E-state index < -0.39 is 0 Å². The summed E-state index contributed by atoms with van der Waals surface area (Å²) in [6.07, 6.45) is 5.36. The van der Waals surface area contributed by atoms with Gasteiger partial charge in [-0.1, -0.05) is 0 Å². The maximum Gasteiger partial charge on any atom is 0.190 e. The highest BCUT2D eigenvalue weighted by atomic mass is 32.2. The van der Waals surface area contributed by atoms with Gasteiger partial charge in [-0.2, -0.15) is 0 Å². The SMILES string of the molecule is CSc1ccc(O/C(N)=C/C=C(/C)N)cc1. The number of hydrogen-bond acceptors (Lipinski definition) is 4. The van der Waals surface area contributed by atoms with Crippen molar-refractivity contribution in [3.63, 3.8) is 0 Å². The van der Waals surface area contributed by atoms with Gasteiger partial charge < -0.3 is 16.2 Å². The summed E-state index contributed by atoms with van der Waals surface area (Å²) in [5, 5.41) is 0. The highest BCUT2D eigenvalue weighted by molar-refractivity contribution is 7.98. The van der Waals surface area contributed by atoms with Crippen LogP contribution >= 0.6 is 11.8 Å². The molecule has 4 heteroatoms. The number of allylic oxidation sites excluding steroid dienone is 3. The zero-order valence-electron chi connectivity index (χ0n) is 9.44. The van der Waals surface area contributed by atoms with Crippen LogP contribution in [0.2, 0.25) is 0 Å². The monoisotopic (exact) mass is 236 g/mol. The van der Waals surface area contributed by atoms with Gasteiger partial charge in [0, 0.05) is 10.6 Å². The second-order valence-corrected chi connectivity index (χ2v) is 4.14. The third-order valence-corrected chi connectivity index (χ3v) is 2.55. The fourth-order valence-corrected chi connectivity index (χ4v) is 1.44. The minimum atomic E-state index is 0.321. The van der Waals surface area contributed by atoms with Gasteiger partial charge in [-0.25, -0.2) is 0 Å². The molecule has 0 aliphatic heterocycles. The van der Waals surface area contributed by atoms with Gasteiger partial charge in [-0.15, -0.1) is 11.8 Å². The molecule has 0 radical (unpaired) electrons. The summed E-state index contributed by atoms with van der Waals surface area (Å²) in [5.74, 6) is 1.04. The molecule has 0 aromatic heterocycles. The number of hydrogen-bond donors (Lipinski definition) is 2. The quantitative estimate of drug-likeness (QED) is 0.479. The topological polar surface area (TPSA) is 61.3 Å². The molecule has 0 fully saturated rings. The summed E-state index contributed by atoms with van der Waals surface area (Å²) in [4.78, 5) is 1.19. The zero-order valence-corrected chi connectivity index (χ0v) is 10.3. The van der Waals surface area contributed by atoms with Crippen molar-refractivity contribution in [1.82, 2.24) is 0 Å². The minimum Gasteiger partial charge on any atom is -0.442 e. The second kappa shape index (κ2) is 6.12. The van der Waals surface area contributed by atoms with E-state index in [1.165, 1.54) is 4.90 Å². The Morgan fingerprint density at radius 2 is 1.81 bits per heavy atom. The van der Waals surface area contributed by atoms with Crippen LogP contribution in [0.1, 0.15) is 6.92 Å². The Morgan fingerprint density at radius 3 is 2.31 bits per heavy atom. The molecule has 0 spiro atoms. The standard InChI is InChI=1S/C12H16N2OS/c1-9(13)3-8-12(14)15-10-4-6-11(16-2)7-5-10/h3-8H,13-14H2,1-2H3/b9-3-,12-8+. The van der Waals surface area contributed by atoms with Gasteiger partial charge in [0.25, 0.3) is 0 Å². The van der Waals surface area contributed by atoms with E-state index in [-0.39, 0.29) is 0 Å².